The van der Waals surface area contributed by atoms with Gasteiger partial charge in [-0.2, -0.15) is 0 Å². The summed E-state index contributed by atoms with van der Waals surface area (Å²) in [6.45, 7) is 10.0. The predicted molar refractivity (Wildman–Crippen MR) is 155 cm³/mol. The average molecular weight is 595 g/mol. The summed E-state index contributed by atoms with van der Waals surface area (Å²) in [7, 11) is 0. The number of hydrogen-bond donors (Lipinski definition) is 6. The fourth-order valence-electron chi connectivity index (χ4n) is 9.86. The van der Waals surface area contributed by atoms with E-state index in [4.69, 9.17) is 9.47 Å². The molecule has 0 radical (unpaired) electrons. The summed E-state index contributed by atoms with van der Waals surface area (Å²) in [5, 5.41) is 62.8. The van der Waals surface area contributed by atoms with Gasteiger partial charge in [-0.15, -0.1) is 0 Å². The van der Waals surface area contributed by atoms with Gasteiger partial charge in [0.25, 0.3) is 0 Å². The van der Waals surface area contributed by atoms with Crippen LogP contribution >= 0.6 is 0 Å². The quantitative estimate of drug-likeness (QED) is 0.249. The van der Waals surface area contributed by atoms with Gasteiger partial charge in [0.2, 0.25) is 0 Å². The molecule has 5 rings (SSSR count). The first-order valence-electron chi connectivity index (χ1n) is 16.2. The lowest BCUT2D eigenvalue weighted by atomic mass is 9.46. The van der Waals surface area contributed by atoms with Crippen LogP contribution in [0.1, 0.15) is 98.8 Å². The van der Waals surface area contributed by atoms with E-state index in [0.29, 0.717) is 31.1 Å². The van der Waals surface area contributed by atoms with Crippen molar-refractivity contribution >= 4 is 5.78 Å². The van der Waals surface area contributed by atoms with E-state index in [-0.39, 0.29) is 28.4 Å². The summed E-state index contributed by atoms with van der Waals surface area (Å²) in [6, 6.07) is 0. The van der Waals surface area contributed by atoms with Crippen molar-refractivity contribution in [2.75, 3.05) is 6.61 Å². The number of fused-ring (bicyclic) bond motifs is 5. The standard InChI is InChI=1S/C33H54O9/c1-18(7-6-11-30(2,3)42-29-28(39)27(38)26(37)25(17-34)41-29)20-10-14-33(40)22-16-24(36)23-15-19(35)8-12-31(23,4)21(22)9-13-32(20,33)5/h16,18-21,23,25-29,34-35,37-40H,6-15,17H2,1-5H3/t18-,19+,20-,21+,23+,25-,26-,27+,28-,29+,31-,32-,33-/m1/s1. The molecule has 1 aliphatic heterocycles. The number of carbonyl (C=O) groups excluding carboxylic acids is 1. The number of aliphatic hydroxyl groups is 6. The van der Waals surface area contributed by atoms with Gasteiger partial charge in [-0.3, -0.25) is 4.79 Å². The maximum absolute atomic E-state index is 13.4. The van der Waals surface area contributed by atoms with Gasteiger partial charge in [-0.1, -0.05) is 33.6 Å². The minimum atomic E-state index is -1.47. The first-order valence-corrected chi connectivity index (χ1v) is 16.2. The van der Waals surface area contributed by atoms with Crippen molar-refractivity contribution in [1.82, 2.24) is 0 Å². The Bertz CT molecular complexity index is 1040. The van der Waals surface area contributed by atoms with Gasteiger partial charge in [-0.05, 0) is 100 Å². The molecule has 13 atom stereocenters. The molecule has 42 heavy (non-hydrogen) atoms. The molecule has 240 valence electrons. The van der Waals surface area contributed by atoms with Crippen LogP contribution in [0.4, 0.5) is 0 Å². The number of ketones is 1. The van der Waals surface area contributed by atoms with Gasteiger partial charge in [0.15, 0.2) is 12.1 Å². The first-order chi connectivity index (χ1) is 19.6. The van der Waals surface area contributed by atoms with Crippen molar-refractivity contribution in [2.24, 2.45) is 34.5 Å². The molecule has 0 spiro atoms. The largest absolute Gasteiger partial charge is 0.394 e. The number of hydrogen-bond acceptors (Lipinski definition) is 9. The molecule has 9 nitrogen and oxygen atoms in total. The zero-order chi connectivity index (χ0) is 30.8. The third-order valence-corrected chi connectivity index (χ3v) is 12.6. The van der Waals surface area contributed by atoms with E-state index >= 15 is 0 Å². The molecular formula is C33H54O9. The van der Waals surface area contributed by atoms with Gasteiger partial charge >= 0.3 is 0 Å². The van der Waals surface area contributed by atoms with Crippen LogP contribution in [0.5, 0.6) is 0 Å². The Hall–Kier alpha value is -0.910. The second kappa shape index (κ2) is 11.5. The fraction of sp³-hybridized carbons (Fsp3) is 0.909. The molecule has 4 aliphatic carbocycles. The average Bonchev–Trinajstić information content (AvgIpc) is 3.21. The van der Waals surface area contributed by atoms with E-state index in [9.17, 15) is 35.4 Å². The van der Waals surface area contributed by atoms with Crippen LogP contribution in [-0.2, 0) is 14.3 Å². The van der Waals surface area contributed by atoms with Crippen LogP contribution in [0, 0.1) is 34.5 Å². The van der Waals surface area contributed by atoms with E-state index in [1.54, 1.807) is 6.08 Å². The Labute approximate surface area is 250 Å². The third-order valence-electron chi connectivity index (χ3n) is 12.6. The summed E-state index contributed by atoms with van der Waals surface area (Å²) < 4.78 is 11.6. The van der Waals surface area contributed by atoms with E-state index < -0.39 is 54.6 Å². The molecule has 0 aromatic carbocycles. The normalized spacial score (nSPS) is 48.2. The second-order valence-electron chi connectivity index (χ2n) is 15.4. The van der Waals surface area contributed by atoms with Crippen molar-refractivity contribution in [3.8, 4) is 0 Å². The minimum absolute atomic E-state index is 0.0818. The predicted octanol–water partition coefficient (Wildman–Crippen LogP) is 2.62. The molecule has 0 aromatic heterocycles. The number of ether oxygens (including phenoxy) is 2. The highest BCUT2D eigenvalue weighted by Gasteiger charge is 2.66. The van der Waals surface area contributed by atoms with Crippen molar-refractivity contribution in [2.45, 2.75) is 147 Å². The number of rotatable bonds is 8. The number of allylic oxidation sites excluding steroid dienone is 1. The van der Waals surface area contributed by atoms with Gasteiger partial charge in [0.1, 0.15) is 24.4 Å². The lowest BCUT2D eigenvalue weighted by molar-refractivity contribution is -0.323. The molecule has 0 bridgehead atoms. The van der Waals surface area contributed by atoms with Crippen LogP contribution in [0.2, 0.25) is 0 Å². The summed E-state index contributed by atoms with van der Waals surface area (Å²) in [5.41, 5.74) is -1.22. The lowest BCUT2D eigenvalue weighted by Crippen LogP contribution is -2.60. The Morgan fingerprint density at radius 1 is 1.02 bits per heavy atom. The first kappa shape index (κ1) is 32.5. The summed E-state index contributed by atoms with van der Waals surface area (Å²) in [4.78, 5) is 13.4. The minimum Gasteiger partial charge on any atom is -0.394 e. The molecule has 0 aromatic rings. The molecule has 5 aliphatic rings. The highest BCUT2D eigenvalue weighted by molar-refractivity contribution is 5.95. The molecule has 0 amide bonds. The topological polar surface area (TPSA) is 157 Å². The molecule has 9 heteroatoms. The van der Waals surface area contributed by atoms with E-state index in [0.717, 1.165) is 50.5 Å². The van der Waals surface area contributed by atoms with E-state index in [2.05, 4.69) is 20.8 Å². The van der Waals surface area contributed by atoms with Crippen LogP contribution < -0.4 is 0 Å². The van der Waals surface area contributed by atoms with Gasteiger partial charge in [0.05, 0.1) is 23.9 Å². The smallest absolute Gasteiger partial charge is 0.187 e. The molecule has 3 saturated carbocycles. The van der Waals surface area contributed by atoms with Crippen LogP contribution in [0.25, 0.3) is 0 Å². The zero-order valence-electron chi connectivity index (χ0n) is 26.0. The van der Waals surface area contributed by atoms with E-state index in [1.165, 1.54) is 0 Å². The maximum Gasteiger partial charge on any atom is 0.187 e. The third kappa shape index (κ3) is 5.23. The fourth-order valence-corrected chi connectivity index (χ4v) is 9.86. The molecule has 0 unspecified atom stereocenters. The summed E-state index contributed by atoms with van der Waals surface area (Å²) in [6.07, 6.45) is 2.87. The van der Waals surface area contributed by atoms with Crippen molar-refractivity contribution in [3.05, 3.63) is 11.6 Å². The van der Waals surface area contributed by atoms with Crippen LogP contribution in [0.3, 0.4) is 0 Å². The Morgan fingerprint density at radius 2 is 1.74 bits per heavy atom. The molecule has 1 heterocycles. The Morgan fingerprint density at radius 3 is 2.43 bits per heavy atom. The molecular weight excluding hydrogens is 540 g/mol. The van der Waals surface area contributed by atoms with Crippen LogP contribution in [-0.4, -0.2) is 91.0 Å². The zero-order valence-corrected chi connectivity index (χ0v) is 26.0. The monoisotopic (exact) mass is 594 g/mol. The van der Waals surface area contributed by atoms with Gasteiger partial charge in [0, 0.05) is 11.3 Å². The van der Waals surface area contributed by atoms with Gasteiger partial charge in [-0.25, -0.2) is 0 Å². The Balaban J connectivity index is 1.22. The highest BCUT2D eigenvalue weighted by atomic mass is 16.7. The van der Waals surface area contributed by atoms with Crippen molar-refractivity contribution < 1.29 is 44.9 Å². The summed E-state index contributed by atoms with van der Waals surface area (Å²) >= 11 is 0. The highest BCUT2D eigenvalue weighted by Crippen LogP contribution is 2.68. The van der Waals surface area contributed by atoms with Gasteiger partial charge < -0.3 is 40.1 Å². The van der Waals surface area contributed by atoms with Crippen molar-refractivity contribution in [3.63, 3.8) is 0 Å². The number of aliphatic hydroxyl groups excluding tert-OH is 5. The molecule has 4 fully saturated rings. The maximum atomic E-state index is 13.4. The van der Waals surface area contributed by atoms with E-state index in [1.807, 2.05) is 13.8 Å². The lowest BCUT2D eigenvalue weighted by Gasteiger charge is -2.59. The SMILES string of the molecule is C[C@H](CCCC(C)(C)O[C@@H]1O[C@H](CO)[C@@H](O)[C@H](O)[C@H]1O)[C@H]1CC[C@@]2(O)C3=CC(=O)[C@@H]4C[C@@H](O)CC[C@]4(C)[C@H]3CC[C@]12C. The molecule has 6 N–H and O–H groups in total. The van der Waals surface area contributed by atoms with Crippen LogP contribution in [0.15, 0.2) is 11.6 Å². The Kier molecular flexibility index (Phi) is 8.87. The molecule has 1 saturated heterocycles. The number of carbonyl (C=O) groups is 1. The van der Waals surface area contributed by atoms with Crippen molar-refractivity contribution in [1.29, 1.82) is 0 Å². The summed E-state index contributed by atoms with van der Waals surface area (Å²) in [5.74, 6) is 0.760. The second-order valence-corrected chi connectivity index (χ2v) is 15.4.